The summed E-state index contributed by atoms with van der Waals surface area (Å²) in [7, 11) is 0. The van der Waals surface area contributed by atoms with E-state index in [0.29, 0.717) is 5.52 Å². The molecule has 0 aliphatic rings. The highest BCUT2D eigenvalue weighted by Crippen LogP contribution is 2.32. The lowest BCUT2D eigenvalue weighted by molar-refractivity contribution is -0.138. The summed E-state index contributed by atoms with van der Waals surface area (Å²) >= 11 is 0. The third-order valence-electron chi connectivity index (χ3n) is 3.39. The zero-order valence-electron chi connectivity index (χ0n) is 11.1. The molecule has 22 heavy (non-hydrogen) atoms. The van der Waals surface area contributed by atoms with Crippen LogP contribution in [0.1, 0.15) is 11.1 Å². The highest BCUT2D eigenvalue weighted by molar-refractivity contribution is 5.75. The summed E-state index contributed by atoms with van der Waals surface area (Å²) in [5, 5.41) is 0. The summed E-state index contributed by atoms with van der Waals surface area (Å²) in [4.78, 5) is 14.4. The van der Waals surface area contributed by atoms with Crippen LogP contribution in [-0.2, 0) is 12.7 Å². The van der Waals surface area contributed by atoms with Crippen LogP contribution in [-0.4, -0.2) is 9.55 Å². The molecule has 0 saturated carbocycles. The monoisotopic (exact) mass is 310 g/mol. The van der Waals surface area contributed by atoms with Crippen molar-refractivity contribution >= 4 is 11.0 Å². The smallest absolute Gasteiger partial charge is 0.306 e. The second-order valence-electron chi connectivity index (χ2n) is 4.83. The van der Waals surface area contributed by atoms with Gasteiger partial charge in [0.2, 0.25) is 0 Å². The number of H-pyrrole nitrogens is 1. The van der Waals surface area contributed by atoms with Gasteiger partial charge in [0.05, 0.1) is 23.1 Å². The number of aromatic amines is 1. The summed E-state index contributed by atoms with van der Waals surface area (Å²) < 4.78 is 53.4. The number of rotatable bonds is 2. The summed E-state index contributed by atoms with van der Waals surface area (Å²) in [5.74, 6) is -0.565. The van der Waals surface area contributed by atoms with E-state index >= 15 is 0 Å². The number of alkyl halides is 3. The normalized spacial score (nSPS) is 12.0. The maximum absolute atomic E-state index is 13.3. The molecular formula is C15H10F4N2O. The average Bonchev–Trinajstić information content (AvgIpc) is 2.74. The van der Waals surface area contributed by atoms with Gasteiger partial charge < -0.3 is 4.98 Å². The van der Waals surface area contributed by atoms with Crippen molar-refractivity contribution in [3.63, 3.8) is 0 Å². The Hall–Kier alpha value is -2.57. The first-order valence-corrected chi connectivity index (χ1v) is 6.39. The first-order chi connectivity index (χ1) is 10.4. The van der Waals surface area contributed by atoms with Crippen LogP contribution in [0.2, 0.25) is 0 Å². The predicted molar refractivity (Wildman–Crippen MR) is 73.1 cm³/mol. The number of hydrogen-bond donors (Lipinski definition) is 1. The van der Waals surface area contributed by atoms with Gasteiger partial charge in [-0.1, -0.05) is 18.2 Å². The van der Waals surface area contributed by atoms with Gasteiger partial charge in [-0.2, -0.15) is 13.2 Å². The van der Waals surface area contributed by atoms with E-state index in [2.05, 4.69) is 4.98 Å². The van der Waals surface area contributed by atoms with Gasteiger partial charge in [0.15, 0.2) is 0 Å². The third kappa shape index (κ3) is 2.49. The average molecular weight is 310 g/mol. The van der Waals surface area contributed by atoms with E-state index in [1.807, 2.05) is 0 Å². The van der Waals surface area contributed by atoms with Crippen LogP contribution in [0.25, 0.3) is 11.0 Å². The number of halogens is 4. The molecule has 1 aromatic heterocycles. The predicted octanol–water partition coefficient (Wildman–Crippen LogP) is 3.54. The van der Waals surface area contributed by atoms with Crippen LogP contribution >= 0.6 is 0 Å². The lowest BCUT2D eigenvalue weighted by Crippen LogP contribution is -2.19. The Morgan fingerprint density at radius 3 is 2.55 bits per heavy atom. The number of hydrogen-bond acceptors (Lipinski definition) is 1. The van der Waals surface area contributed by atoms with E-state index in [0.717, 1.165) is 16.7 Å². The SMILES string of the molecule is O=c1[nH]c2ccc(F)cc2n1Cc1ccccc1C(F)(F)F. The van der Waals surface area contributed by atoms with Gasteiger partial charge >= 0.3 is 11.9 Å². The molecule has 0 atom stereocenters. The Bertz CT molecular complexity index is 892. The molecule has 3 rings (SSSR count). The third-order valence-corrected chi connectivity index (χ3v) is 3.39. The molecular weight excluding hydrogens is 300 g/mol. The van der Waals surface area contributed by atoms with Crippen LogP contribution < -0.4 is 5.69 Å². The Balaban J connectivity index is 2.14. The van der Waals surface area contributed by atoms with Gasteiger partial charge in [0.25, 0.3) is 0 Å². The lowest BCUT2D eigenvalue weighted by Gasteiger charge is -2.13. The van der Waals surface area contributed by atoms with Crippen LogP contribution in [0, 0.1) is 5.82 Å². The molecule has 0 amide bonds. The quantitative estimate of drug-likeness (QED) is 0.722. The number of benzene rings is 2. The Morgan fingerprint density at radius 2 is 1.82 bits per heavy atom. The molecule has 7 heteroatoms. The summed E-state index contributed by atoms with van der Waals surface area (Å²) in [6.45, 7) is -0.294. The van der Waals surface area contributed by atoms with E-state index in [-0.39, 0.29) is 17.6 Å². The number of nitrogens with one attached hydrogen (secondary N) is 1. The molecule has 3 aromatic rings. The Morgan fingerprint density at radius 1 is 1.09 bits per heavy atom. The van der Waals surface area contributed by atoms with Crippen LogP contribution in [0.5, 0.6) is 0 Å². The Labute approximate surface area is 121 Å². The molecule has 0 radical (unpaired) electrons. The first-order valence-electron chi connectivity index (χ1n) is 6.39. The summed E-state index contributed by atoms with van der Waals surface area (Å²) in [6.07, 6.45) is -4.52. The van der Waals surface area contributed by atoms with E-state index in [1.54, 1.807) is 0 Å². The molecule has 2 aromatic carbocycles. The van der Waals surface area contributed by atoms with Crippen LogP contribution in [0.3, 0.4) is 0 Å². The largest absolute Gasteiger partial charge is 0.416 e. The van der Waals surface area contributed by atoms with Crippen molar-refractivity contribution in [2.24, 2.45) is 0 Å². The maximum Gasteiger partial charge on any atom is 0.416 e. The minimum absolute atomic E-state index is 0.0535. The van der Waals surface area contributed by atoms with Crippen LogP contribution in [0.4, 0.5) is 17.6 Å². The van der Waals surface area contributed by atoms with E-state index in [9.17, 15) is 22.4 Å². The molecule has 0 spiro atoms. The molecule has 0 unspecified atom stereocenters. The zero-order valence-corrected chi connectivity index (χ0v) is 11.1. The van der Waals surface area contributed by atoms with E-state index < -0.39 is 23.2 Å². The van der Waals surface area contributed by atoms with Gasteiger partial charge in [0.1, 0.15) is 5.82 Å². The molecule has 3 nitrogen and oxygen atoms in total. The maximum atomic E-state index is 13.3. The van der Waals surface area contributed by atoms with Gasteiger partial charge in [-0.25, -0.2) is 9.18 Å². The first kappa shape index (κ1) is 14.4. The number of imidazole rings is 1. The van der Waals surface area contributed by atoms with Gasteiger partial charge in [0, 0.05) is 0 Å². The standard InChI is InChI=1S/C15H10F4N2O/c16-10-5-6-12-13(7-10)21(14(22)20-12)8-9-3-1-2-4-11(9)15(17,18)19/h1-7H,8H2,(H,20,22). The molecule has 0 bridgehead atoms. The zero-order chi connectivity index (χ0) is 15.9. The minimum atomic E-state index is -4.52. The second-order valence-corrected chi connectivity index (χ2v) is 4.83. The molecule has 0 aliphatic heterocycles. The lowest BCUT2D eigenvalue weighted by atomic mass is 10.1. The fourth-order valence-corrected chi connectivity index (χ4v) is 2.39. The second kappa shape index (κ2) is 5.01. The van der Waals surface area contributed by atoms with Crippen molar-refractivity contribution in [3.05, 3.63) is 69.9 Å². The van der Waals surface area contributed by atoms with Crippen LogP contribution in [0.15, 0.2) is 47.3 Å². The fourth-order valence-electron chi connectivity index (χ4n) is 2.39. The van der Waals surface area contributed by atoms with Crippen molar-refractivity contribution in [1.82, 2.24) is 9.55 Å². The topological polar surface area (TPSA) is 37.8 Å². The molecule has 114 valence electrons. The van der Waals surface area contributed by atoms with Gasteiger partial charge in [-0.05, 0) is 29.8 Å². The fraction of sp³-hybridized carbons (Fsp3) is 0.133. The number of aromatic nitrogens is 2. The highest BCUT2D eigenvalue weighted by atomic mass is 19.4. The number of fused-ring (bicyclic) bond motifs is 1. The summed E-state index contributed by atoms with van der Waals surface area (Å²) in [5.41, 5.74) is -0.856. The van der Waals surface area contributed by atoms with E-state index in [1.165, 1.54) is 30.3 Å². The summed E-state index contributed by atoms with van der Waals surface area (Å²) in [6, 6.07) is 8.66. The van der Waals surface area contributed by atoms with Gasteiger partial charge in [-0.3, -0.25) is 4.57 Å². The van der Waals surface area contributed by atoms with Crippen molar-refractivity contribution in [2.75, 3.05) is 0 Å². The molecule has 1 N–H and O–H groups in total. The van der Waals surface area contributed by atoms with Gasteiger partial charge in [-0.15, -0.1) is 0 Å². The highest BCUT2D eigenvalue weighted by Gasteiger charge is 2.33. The molecule has 1 heterocycles. The Kier molecular flexibility index (Phi) is 3.27. The van der Waals surface area contributed by atoms with Crippen molar-refractivity contribution in [2.45, 2.75) is 12.7 Å². The molecule has 0 aliphatic carbocycles. The van der Waals surface area contributed by atoms with Crippen molar-refractivity contribution in [1.29, 1.82) is 0 Å². The molecule has 0 fully saturated rings. The minimum Gasteiger partial charge on any atom is -0.306 e. The number of nitrogens with zero attached hydrogens (tertiary/aromatic N) is 1. The molecule has 0 saturated heterocycles. The van der Waals surface area contributed by atoms with Crippen molar-refractivity contribution < 1.29 is 17.6 Å². The van der Waals surface area contributed by atoms with Crippen molar-refractivity contribution in [3.8, 4) is 0 Å². The van der Waals surface area contributed by atoms with E-state index in [4.69, 9.17) is 0 Å².